The first kappa shape index (κ1) is 22.8. The second-order valence-corrected chi connectivity index (χ2v) is 10.3. The van der Waals surface area contributed by atoms with Crippen LogP contribution in [0.4, 0.5) is 5.82 Å². The maximum atomic E-state index is 6.53. The summed E-state index contributed by atoms with van der Waals surface area (Å²) in [5, 5.41) is 0. The lowest BCUT2D eigenvalue weighted by Crippen LogP contribution is -2.39. The molecule has 2 fully saturated rings. The van der Waals surface area contributed by atoms with Crippen LogP contribution in [0.3, 0.4) is 0 Å². The molecule has 3 aromatic rings. The van der Waals surface area contributed by atoms with Crippen LogP contribution in [0.2, 0.25) is 0 Å². The number of nitrogen functional groups attached to an aromatic ring is 1. The zero-order valence-electron chi connectivity index (χ0n) is 20.5. The normalized spacial score (nSPS) is 27.7. The van der Waals surface area contributed by atoms with Gasteiger partial charge in [-0.1, -0.05) is 24.3 Å². The maximum absolute atomic E-state index is 6.53. The van der Waals surface area contributed by atoms with Crippen molar-refractivity contribution in [3.63, 3.8) is 0 Å². The lowest BCUT2D eigenvalue weighted by Gasteiger charge is -2.27. The summed E-state index contributed by atoms with van der Waals surface area (Å²) < 4.78 is 21.0. The second kappa shape index (κ2) is 8.79. The van der Waals surface area contributed by atoms with Crippen molar-refractivity contribution in [2.24, 2.45) is 0 Å². The van der Waals surface area contributed by atoms with Crippen LogP contribution >= 0.6 is 0 Å². The summed E-state index contributed by atoms with van der Waals surface area (Å²) in [5.41, 5.74) is 10.1. The molecule has 10 heteroatoms. The van der Waals surface area contributed by atoms with Crippen molar-refractivity contribution >= 4 is 17.0 Å². The van der Waals surface area contributed by atoms with Crippen molar-refractivity contribution in [1.82, 2.24) is 29.3 Å². The summed E-state index contributed by atoms with van der Waals surface area (Å²) in [4.78, 5) is 17.7. The number of ether oxygens (including phenoxy) is 3. The average molecular weight is 480 g/mol. The zero-order chi connectivity index (χ0) is 24.2. The number of imidazole rings is 1. The van der Waals surface area contributed by atoms with E-state index in [0.717, 1.165) is 39.1 Å². The molecule has 10 nitrogen and oxygen atoms in total. The highest BCUT2D eigenvalue weighted by Crippen LogP contribution is 2.44. The standard InChI is InChI=1S/C25H33N7O3/c1-25(2)34-20-18(13-30(3)9-6-10-31-11-16-7-4-5-8-17(16)12-31)33-24(21(20)35-25)32-15-29-19-22(26)27-14-28-23(19)32/h4-5,7-8,14-15,18,20-21,24H,6,9-13H2,1-3H3,(H2,26,27,28)/t18-,20-,21-,24-/m1/s1. The second-order valence-electron chi connectivity index (χ2n) is 10.3. The van der Waals surface area contributed by atoms with E-state index >= 15 is 0 Å². The van der Waals surface area contributed by atoms with Crippen molar-refractivity contribution < 1.29 is 14.2 Å². The molecule has 0 saturated carbocycles. The van der Waals surface area contributed by atoms with Crippen molar-refractivity contribution in [2.75, 3.05) is 32.4 Å². The first-order chi connectivity index (χ1) is 16.9. The number of nitrogens with two attached hydrogens (primary N) is 1. The Kier molecular flexibility index (Phi) is 5.73. The van der Waals surface area contributed by atoms with Gasteiger partial charge in [-0.2, -0.15) is 0 Å². The number of aromatic nitrogens is 4. The molecule has 0 radical (unpaired) electrons. The van der Waals surface area contributed by atoms with Gasteiger partial charge in [0.2, 0.25) is 0 Å². The highest BCUT2D eigenvalue weighted by molar-refractivity contribution is 5.81. The Hall–Kier alpha value is -2.63. The van der Waals surface area contributed by atoms with E-state index in [2.05, 4.69) is 56.1 Å². The van der Waals surface area contributed by atoms with Gasteiger partial charge >= 0.3 is 0 Å². The van der Waals surface area contributed by atoms with Crippen LogP contribution in [0.5, 0.6) is 0 Å². The number of nitrogens with zero attached hydrogens (tertiary/aromatic N) is 6. The van der Waals surface area contributed by atoms with Gasteiger partial charge in [-0.15, -0.1) is 0 Å². The molecule has 4 atom stereocenters. The fraction of sp³-hybridized carbons (Fsp3) is 0.560. The van der Waals surface area contributed by atoms with Crippen LogP contribution in [0.25, 0.3) is 11.2 Å². The van der Waals surface area contributed by atoms with Gasteiger partial charge in [0.1, 0.15) is 30.2 Å². The number of hydrogen-bond acceptors (Lipinski definition) is 9. The Labute approximate surface area is 205 Å². The van der Waals surface area contributed by atoms with E-state index in [4.69, 9.17) is 19.9 Å². The fourth-order valence-electron chi connectivity index (χ4n) is 5.61. The number of benzene rings is 1. The Morgan fingerprint density at radius 2 is 1.83 bits per heavy atom. The summed E-state index contributed by atoms with van der Waals surface area (Å²) in [5.74, 6) is -0.326. The molecule has 0 bridgehead atoms. The molecule has 5 heterocycles. The van der Waals surface area contributed by atoms with Gasteiger partial charge in [-0.25, -0.2) is 15.0 Å². The molecule has 6 rings (SSSR count). The first-order valence-corrected chi connectivity index (χ1v) is 12.3. The van der Waals surface area contributed by atoms with Crippen LogP contribution in [0, 0.1) is 0 Å². The van der Waals surface area contributed by atoms with Crippen molar-refractivity contribution in [3.05, 3.63) is 48.0 Å². The molecule has 0 spiro atoms. The Morgan fingerprint density at radius 3 is 2.60 bits per heavy atom. The van der Waals surface area contributed by atoms with Crippen LogP contribution < -0.4 is 5.73 Å². The number of hydrogen-bond donors (Lipinski definition) is 1. The van der Waals surface area contributed by atoms with E-state index < -0.39 is 12.0 Å². The van der Waals surface area contributed by atoms with Gasteiger partial charge in [0.05, 0.1) is 6.33 Å². The zero-order valence-corrected chi connectivity index (χ0v) is 20.5. The van der Waals surface area contributed by atoms with Crippen LogP contribution in [0.1, 0.15) is 37.6 Å². The monoisotopic (exact) mass is 479 g/mol. The molecule has 186 valence electrons. The molecule has 2 aromatic heterocycles. The quantitative estimate of drug-likeness (QED) is 0.546. The molecule has 0 unspecified atom stereocenters. The molecule has 0 amide bonds. The van der Waals surface area contributed by atoms with E-state index in [0.29, 0.717) is 17.0 Å². The summed E-state index contributed by atoms with van der Waals surface area (Å²) in [6, 6.07) is 8.73. The highest BCUT2D eigenvalue weighted by Gasteiger charge is 2.56. The van der Waals surface area contributed by atoms with Gasteiger partial charge in [-0.05, 0) is 45.0 Å². The van der Waals surface area contributed by atoms with E-state index in [1.807, 2.05) is 18.4 Å². The molecule has 35 heavy (non-hydrogen) atoms. The van der Waals surface area contributed by atoms with Crippen molar-refractivity contribution in [3.8, 4) is 0 Å². The van der Waals surface area contributed by atoms with Crippen molar-refractivity contribution in [1.29, 1.82) is 0 Å². The van der Waals surface area contributed by atoms with E-state index in [-0.39, 0.29) is 18.3 Å². The topological polar surface area (TPSA) is 104 Å². The Morgan fingerprint density at radius 1 is 1.09 bits per heavy atom. The SMILES string of the molecule is CN(CCCN1Cc2ccccc2C1)C[C@H]1O[C@@H](n2cnc3c(N)ncnc32)[C@@H]2OC(C)(C)O[C@@H]21. The molecule has 3 aliphatic rings. The van der Waals surface area contributed by atoms with Gasteiger partial charge < -0.3 is 24.8 Å². The summed E-state index contributed by atoms with van der Waals surface area (Å²) in [6.45, 7) is 8.80. The third-order valence-corrected chi connectivity index (χ3v) is 7.20. The maximum Gasteiger partial charge on any atom is 0.167 e. The van der Waals surface area contributed by atoms with Crippen LogP contribution in [-0.2, 0) is 27.3 Å². The third-order valence-electron chi connectivity index (χ3n) is 7.20. The first-order valence-electron chi connectivity index (χ1n) is 12.3. The largest absolute Gasteiger partial charge is 0.382 e. The summed E-state index contributed by atoms with van der Waals surface area (Å²) in [6.07, 6.45) is 3.27. The van der Waals surface area contributed by atoms with Gasteiger partial charge in [0, 0.05) is 26.2 Å². The lowest BCUT2D eigenvalue weighted by molar-refractivity contribution is -0.197. The number of fused-ring (bicyclic) bond motifs is 3. The average Bonchev–Trinajstić information content (AvgIpc) is 3.56. The molecule has 2 N–H and O–H groups in total. The highest BCUT2D eigenvalue weighted by atomic mass is 16.8. The molecule has 2 saturated heterocycles. The number of anilines is 1. The summed E-state index contributed by atoms with van der Waals surface area (Å²) in [7, 11) is 2.14. The number of likely N-dealkylation sites (N-methyl/N-ethyl adjacent to an activating group) is 1. The Balaban J connectivity index is 1.10. The van der Waals surface area contributed by atoms with Crippen LogP contribution in [0.15, 0.2) is 36.9 Å². The molecule has 0 aliphatic carbocycles. The molecule has 3 aliphatic heterocycles. The van der Waals surface area contributed by atoms with Gasteiger partial charge in [-0.3, -0.25) is 9.47 Å². The Bertz CT molecular complexity index is 1190. The predicted octanol–water partition coefficient (Wildman–Crippen LogP) is 2.16. The lowest BCUT2D eigenvalue weighted by atomic mass is 10.1. The minimum Gasteiger partial charge on any atom is -0.382 e. The van der Waals surface area contributed by atoms with E-state index in [9.17, 15) is 0 Å². The molecular weight excluding hydrogens is 446 g/mol. The minimum absolute atomic E-state index is 0.135. The predicted molar refractivity (Wildman–Crippen MR) is 130 cm³/mol. The van der Waals surface area contributed by atoms with E-state index in [1.54, 1.807) is 6.33 Å². The fourth-order valence-corrected chi connectivity index (χ4v) is 5.61. The summed E-state index contributed by atoms with van der Waals surface area (Å²) >= 11 is 0. The third kappa shape index (κ3) is 4.30. The molecule has 1 aromatic carbocycles. The van der Waals surface area contributed by atoms with Crippen LogP contribution in [-0.4, -0.2) is 80.1 Å². The minimum atomic E-state index is -0.677. The molecular formula is C25H33N7O3. The smallest absolute Gasteiger partial charge is 0.167 e. The van der Waals surface area contributed by atoms with Crippen molar-refractivity contribution in [2.45, 2.75) is 63.7 Å². The number of rotatable bonds is 7. The van der Waals surface area contributed by atoms with E-state index in [1.165, 1.54) is 17.5 Å². The van der Waals surface area contributed by atoms with Gasteiger partial charge in [0.25, 0.3) is 0 Å². The van der Waals surface area contributed by atoms with Gasteiger partial charge in [0.15, 0.2) is 23.5 Å².